The van der Waals surface area contributed by atoms with Gasteiger partial charge in [-0.2, -0.15) is 0 Å². The molecule has 0 saturated carbocycles. The molecule has 18 heavy (non-hydrogen) atoms. The molecular formula is C16H18O2. The molecule has 0 heterocycles. The Morgan fingerprint density at radius 3 is 1.78 bits per heavy atom. The molecule has 0 aliphatic rings. The van der Waals surface area contributed by atoms with Crippen LogP contribution in [0.4, 0.5) is 0 Å². The molecular weight excluding hydrogens is 224 g/mol. The highest BCUT2D eigenvalue weighted by Gasteiger charge is 1.93. The fourth-order valence-corrected chi connectivity index (χ4v) is 1.34. The van der Waals surface area contributed by atoms with E-state index in [-0.39, 0.29) is 5.97 Å². The van der Waals surface area contributed by atoms with E-state index in [1.165, 1.54) is 12.5 Å². The molecule has 0 aliphatic heterocycles. The third kappa shape index (κ3) is 7.23. The lowest BCUT2D eigenvalue weighted by molar-refractivity contribution is -0.140. The SMILES string of the molecule is CC(=O)OCCc1ccccc1.c1ccccc1. The van der Waals surface area contributed by atoms with E-state index >= 15 is 0 Å². The first-order chi connectivity index (χ1) is 8.79. The van der Waals surface area contributed by atoms with Crippen LogP contribution in [0.3, 0.4) is 0 Å². The number of esters is 1. The van der Waals surface area contributed by atoms with E-state index in [4.69, 9.17) is 4.74 Å². The van der Waals surface area contributed by atoms with Crippen LogP contribution in [-0.4, -0.2) is 12.6 Å². The second kappa shape index (κ2) is 8.99. The Labute approximate surface area is 108 Å². The number of carbonyl (C=O) groups excluding carboxylic acids is 1. The molecule has 0 spiro atoms. The maximum atomic E-state index is 10.4. The molecule has 0 radical (unpaired) electrons. The minimum absolute atomic E-state index is 0.217. The van der Waals surface area contributed by atoms with Crippen LogP contribution in [-0.2, 0) is 16.0 Å². The summed E-state index contributed by atoms with van der Waals surface area (Å²) in [4.78, 5) is 10.4. The number of hydrogen-bond acceptors (Lipinski definition) is 2. The van der Waals surface area contributed by atoms with Gasteiger partial charge in [0, 0.05) is 13.3 Å². The summed E-state index contributed by atoms with van der Waals surface area (Å²) in [5, 5.41) is 0. The molecule has 0 saturated heterocycles. The molecule has 0 N–H and O–H groups in total. The Hall–Kier alpha value is -2.09. The van der Waals surface area contributed by atoms with Gasteiger partial charge in [0.1, 0.15) is 0 Å². The zero-order valence-corrected chi connectivity index (χ0v) is 10.6. The predicted molar refractivity (Wildman–Crippen MR) is 73.2 cm³/mol. The zero-order chi connectivity index (χ0) is 13.1. The molecule has 0 amide bonds. The van der Waals surface area contributed by atoms with Crippen LogP contribution in [0.25, 0.3) is 0 Å². The topological polar surface area (TPSA) is 26.3 Å². The lowest BCUT2D eigenvalue weighted by Crippen LogP contribution is -2.02. The lowest BCUT2D eigenvalue weighted by Gasteiger charge is -2.00. The largest absolute Gasteiger partial charge is 0.466 e. The van der Waals surface area contributed by atoms with E-state index in [1.54, 1.807) is 0 Å². The van der Waals surface area contributed by atoms with Crippen LogP contribution in [0.15, 0.2) is 66.7 Å². The Bertz CT molecular complexity index is 397. The van der Waals surface area contributed by atoms with Crippen molar-refractivity contribution in [2.24, 2.45) is 0 Å². The summed E-state index contributed by atoms with van der Waals surface area (Å²) < 4.78 is 4.81. The van der Waals surface area contributed by atoms with Gasteiger partial charge in [-0.25, -0.2) is 0 Å². The van der Waals surface area contributed by atoms with Gasteiger partial charge < -0.3 is 4.74 Å². The molecule has 0 aromatic heterocycles. The monoisotopic (exact) mass is 242 g/mol. The lowest BCUT2D eigenvalue weighted by atomic mass is 10.2. The molecule has 0 aliphatic carbocycles. The van der Waals surface area contributed by atoms with Gasteiger partial charge in [-0.1, -0.05) is 66.7 Å². The van der Waals surface area contributed by atoms with Crippen LogP contribution in [0.2, 0.25) is 0 Å². The number of ether oxygens (including phenoxy) is 1. The highest BCUT2D eigenvalue weighted by Crippen LogP contribution is 1.99. The zero-order valence-electron chi connectivity index (χ0n) is 10.6. The molecule has 0 atom stereocenters. The number of carbonyl (C=O) groups is 1. The first kappa shape index (κ1) is 14.0. The second-order valence-electron chi connectivity index (χ2n) is 3.73. The Kier molecular flexibility index (Phi) is 6.98. The Morgan fingerprint density at radius 1 is 0.889 bits per heavy atom. The predicted octanol–water partition coefficient (Wildman–Crippen LogP) is 3.48. The van der Waals surface area contributed by atoms with E-state index in [0.29, 0.717) is 6.61 Å². The summed E-state index contributed by atoms with van der Waals surface area (Å²) in [7, 11) is 0. The highest BCUT2D eigenvalue weighted by atomic mass is 16.5. The average Bonchev–Trinajstić information content (AvgIpc) is 2.42. The summed E-state index contributed by atoms with van der Waals surface area (Å²) in [5.41, 5.74) is 1.19. The molecule has 94 valence electrons. The fourth-order valence-electron chi connectivity index (χ4n) is 1.34. The summed E-state index contributed by atoms with van der Waals surface area (Å²) >= 11 is 0. The van der Waals surface area contributed by atoms with Gasteiger partial charge in [0.2, 0.25) is 0 Å². The molecule has 2 rings (SSSR count). The minimum atomic E-state index is -0.217. The van der Waals surface area contributed by atoms with Crippen molar-refractivity contribution in [2.45, 2.75) is 13.3 Å². The van der Waals surface area contributed by atoms with Crippen molar-refractivity contribution < 1.29 is 9.53 Å². The van der Waals surface area contributed by atoms with E-state index in [1.807, 2.05) is 66.7 Å². The summed E-state index contributed by atoms with van der Waals surface area (Å²) in [6, 6.07) is 22.0. The molecule has 0 bridgehead atoms. The van der Waals surface area contributed by atoms with Crippen LogP contribution in [0.5, 0.6) is 0 Å². The summed E-state index contributed by atoms with van der Waals surface area (Å²) in [5.74, 6) is -0.217. The van der Waals surface area contributed by atoms with E-state index in [0.717, 1.165) is 6.42 Å². The van der Waals surface area contributed by atoms with Crippen molar-refractivity contribution in [2.75, 3.05) is 6.61 Å². The standard InChI is InChI=1S/C10H12O2.C6H6/c1-9(11)12-8-7-10-5-3-2-4-6-10;1-2-4-6-5-3-1/h2-6H,7-8H2,1H3;1-6H. The van der Waals surface area contributed by atoms with Crippen molar-refractivity contribution in [3.63, 3.8) is 0 Å². The van der Waals surface area contributed by atoms with Crippen molar-refractivity contribution in [1.29, 1.82) is 0 Å². The quantitative estimate of drug-likeness (QED) is 0.770. The number of benzene rings is 2. The van der Waals surface area contributed by atoms with E-state index < -0.39 is 0 Å². The van der Waals surface area contributed by atoms with Crippen molar-refractivity contribution in [3.8, 4) is 0 Å². The molecule has 2 nitrogen and oxygen atoms in total. The van der Waals surface area contributed by atoms with Gasteiger partial charge in [0.25, 0.3) is 0 Å². The molecule has 0 fully saturated rings. The third-order valence-corrected chi connectivity index (χ3v) is 2.21. The highest BCUT2D eigenvalue weighted by molar-refractivity contribution is 5.65. The van der Waals surface area contributed by atoms with Crippen molar-refractivity contribution in [3.05, 3.63) is 72.3 Å². The first-order valence-electron chi connectivity index (χ1n) is 5.96. The molecule has 2 aromatic carbocycles. The van der Waals surface area contributed by atoms with Gasteiger partial charge in [-0.15, -0.1) is 0 Å². The van der Waals surface area contributed by atoms with E-state index in [9.17, 15) is 4.79 Å². The van der Waals surface area contributed by atoms with Gasteiger partial charge in [0.05, 0.1) is 6.61 Å². The Balaban J connectivity index is 0.000000225. The number of hydrogen-bond donors (Lipinski definition) is 0. The second-order valence-corrected chi connectivity index (χ2v) is 3.73. The van der Waals surface area contributed by atoms with Crippen molar-refractivity contribution >= 4 is 5.97 Å². The van der Waals surface area contributed by atoms with Crippen LogP contribution >= 0.6 is 0 Å². The van der Waals surface area contributed by atoms with Crippen LogP contribution in [0.1, 0.15) is 12.5 Å². The van der Waals surface area contributed by atoms with Gasteiger partial charge in [0.15, 0.2) is 0 Å². The van der Waals surface area contributed by atoms with Gasteiger partial charge in [-0.05, 0) is 5.56 Å². The fraction of sp³-hybridized carbons (Fsp3) is 0.188. The minimum Gasteiger partial charge on any atom is -0.466 e. The molecule has 2 aromatic rings. The molecule has 2 heteroatoms. The molecule has 0 unspecified atom stereocenters. The first-order valence-corrected chi connectivity index (χ1v) is 5.96. The van der Waals surface area contributed by atoms with Crippen molar-refractivity contribution in [1.82, 2.24) is 0 Å². The maximum absolute atomic E-state index is 10.4. The van der Waals surface area contributed by atoms with Gasteiger partial charge >= 0.3 is 5.97 Å². The van der Waals surface area contributed by atoms with E-state index in [2.05, 4.69) is 0 Å². The summed E-state index contributed by atoms with van der Waals surface area (Å²) in [6.07, 6.45) is 0.792. The smallest absolute Gasteiger partial charge is 0.302 e. The normalized spacial score (nSPS) is 8.94. The third-order valence-electron chi connectivity index (χ3n) is 2.21. The maximum Gasteiger partial charge on any atom is 0.302 e. The number of rotatable bonds is 3. The average molecular weight is 242 g/mol. The summed E-state index contributed by atoms with van der Waals surface area (Å²) in [6.45, 7) is 1.89. The van der Waals surface area contributed by atoms with Crippen LogP contribution in [0, 0.1) is 0 Å². The Morgan fingerprint density at radius 2 is 1.33 bits per heavy atom. The van der Waals surface area contributed by atoms with Crippen LogP contribution < -0.4 is 0 Å². The van der Waals surface area contributed by atoms with Gasteiger partial charge in [-0.3, -0.25) is 4.79 Å².